The molecule has 4 rings (SSSR count). The van der Waals surface area contributed by atoms with E-state index in [-0.39, 0.29) is 15.8 Å². The zero-order chi connectivity index (χ0) is 23.3. The maximum atomic E-state index is 4.88. The van der Waals surface area contributed by atoms with Gasteiger partial charge in [-0.15, -0.1) is 0 Å². The van der Waals surface area contributed by atoms with Crippen molar-refractivity contribution in [3.63, 3.8) is 0 Å². The molecule has 2 nitrogen and oxygen atoms in total. The van der Waals surface area contributed by atoms with Crippen LogP contribution < -0.4 is 0 Å². The van der Waals surface area contributed by atoms with Crippen LogP contribution in [-0.4, -0.2) is 60.5 Å². The summed E-state index contributed by atoms with van der Waals surface area (Å²) in [6.07, 6.45) is 37.4. The van der Waals surface area contributed by atoms with E-state index in [1.165, 1.54) is 141 Å². The second-order valence-corrected chi connectivity index (χ2v) is 17.4. The lowest BCUT2D eigenvalue weighted by atomic mass is 9.99. The van der Waals surface area contributed by atoms with Gasteiger partial charge in [-0.25, -0.2) is 0 Å². The molecule has 0 heterocycles. The van der Waals surface area contributed by atoms with Crippen molar-refractivity contribution in [3.8, 4) is 0 Å². The molecule has 34 heavy (non-hydrogen) atoms. The third kappa shape index (κ3) is 8.94. The molecule has 4 aliphatic carbocycles. The van der Waals surface area contributed by atoms with Crippen LogP contribution in [0.1, 0.15) is 128 Å². The minimum Gasteiger partial charge on any atom is -0.295 e. The van der Waals surface area contributed by atoms with Crippen molar-refractivity contribution in [3.05, 3.63) is 0 Å². The molecule has 194 valence electrons. The van der Waals surface area contributed by atoms with E-state index in [1.54, 1.807) is 0 Å². The summed E-state index contributed by atoms with van der Waals surface area (Å²) >= 11 is 0. The van der Waals surface area contributed by atoms with Crippen molar-refractivity contribution in [2.75, 3.05) is 25.4 Å². The number of rotatable bonds is 11. The van der Waals surface area contributed by atoms with Gasteiger partial charge in [-0.3, -0.25) is 9.98 Å². The molecule has 0 radical (unpaired) electrons. The van der Waals surface area contributed by atoms with Crippen LogP contribution in [0.3, 0.4) is 0 Å². The van der Waals surface area contributed by atoms with Crippen LogP contribution in [-0.2, 0) is 0 Å². The minimum absolute atomic E-state index is 0.166. The number of hydrogen-bond acceptors (Lipinski definition) is 2. The summed E-state index contributed by atoms with van der Waals surface area (Å²) in [5, 5.41) is 0. The molecule has 4 saturated carbocycles. The molecular weight excluding hydrogens is 450 g/mol. The third-order valence-electron chi connectivity index (χ3n) is 9.38. The van der Waals surface area contributed by atoms with Crippen LogP contribution >= 0.6 is 15.8 Å². The fourth-order valence-corrected chi connectivity index (χ4v) is 14.6. The Hall–Kier alpha value is 0.200. The molecule has 0 aliphatic heterocycles. The zero-order valence-electron chi connectivity index (χ0n) is 22.2. The molecule has 0 aromatic heterocycles. The van der Waals surface area contributed by atoms with Gasteiger partial charge in [-0.2, -0.15) is 0 Å². The second kappa shape index (κ2) is 16.1. The van der Waals surface area contributed by atoms with Crippen molar-refractivity contribution in [2.24, 2.45) is 9.98 Å². The van der Waals surface area contributed by atoms with Gasteiger partial charge in [0, 0.05) is 24.8 Å². The van der Waals surface area contributed by atoms with E-state index in [2.05, 4.69) is 12.4 Å². The van der Waals surface area contributed by atoms with Gasteiger partial charge >= 0.3 is 0 Å². The van der Waals surface area contributed by atoms with Gasteiger partial charge in [0.05, 0.1) is 13.1 Å². The van der Waals surface area contributed by atoms with Crippen LogP contribution in [0.4, 0.5) is 0 Å². The lowest BCUT2D eigenvalue weighted by Gasteiger charge is -2.38. The maximum absolute atomic E-state index is 4.88. The van der Waals surface area contributed by atoms with Crippen LogP contribution in [0.15, 0.2) is 9.98 Å². The molecule has 0 bridgehead atoms. The van der Waals surface area contributed by atoms with Crippen molar-refractivity contribution >= 4 is 28.3 Å². The van der Waals surface area contributed by atoms with Gasteiger partial charge in [-0.1, -0.05) is 92.9 Å². The first-order chi connectivity index (χ1) is 16.9. The van der Waals surface area contributed by atoms with E-state index >= 15 is 0 Å². The van der Waals surface area contributed by atoms with E-state index in [0.717, 1.165) is 35.7 Å². The summed E-state index contributed by atoms with van der Waals surface area (Å²) in [4.78, 5) is 9.76. The Balaban J connectivity index is 1.20. The zero-order valence-corrected chi connectivity index (χ0v) is 24.0. The molecule has 0 atom stereocenters. The molecule has 0 amide bonds. The molecule has 4 fully saturated rings. The van der Waals surface area contributed by atoms with E-state index in [9.17, 15) is 0 Å². The fourth-order valence-electron chi connectivity index (χ4n) is 7.45. The Morgan fingerprint density at radius 3 is 0.941 bits per heavy atom. The van der Waals surface area contributed by atoms with Crippen LogP contribution in [0.25, 0.3) is 0 Å². The largest absolute Gasteiger partial charge is 0.295 e. The lowest BCUT2D eigenvalue weighted by molar-refractivity contribution is 0.485. The van der Waals surface area contributed by atoms with Crippen molar-refractivity contribution in [1.29, 1.82) is 0 Å². The number of hydrogen-bond donors (Lipinski definition) is 0. The quantitative estimate of drug-likeness (QED) is 0.152. The topological polar surface area (TPSA) is 24.7 Å². The molecule has 0 spiro atoms. The number of nitrogens with zero attached hydrogens (tertiary/aromatic N) is 2. The molecule has 0 aromatic rings. The summed E-state index contributed by atoms with van der Waals surface area (Å²) < 4.78 is 0. The first-order valence-electron chi connectivity index (χ1n) is 15.4. The van der Waals surface area contributed by atoms with Gasteiger partial charge in [0.15, 0.2) is 0 Å². The molecule has 4 aliphatic rings. The predicted octanol–water partition coefficient (Wildman–Crippen LogP) is 9.42. The van der Waals surface area contributed by atoms with Gasteiger partial charge in [0.25, 0.3) is 0 Å². The fraction of sp³-hybridized carbons (Fsp3) is 0.933. The summed E-state index contributed by atoms with van der Waals surface area (Å²) in [7, 11) is 0.333. The summed E-state index contributed by atoms with van der Waals surface area (Å²) in [5.74, 6) is 0. The molecule has 4 heteroatoms. The van der Waals surface area contributed by atoms with Crippen LogP contribution in [0, 0.1) is 0 Å². The molecule has 0 unspecified atom stereocenters. The van der Waals surface area contributed by atoms with Crippen molar-refractivity contribution in [1.82, 2.24) is 0 Å². The average molecular weight is 505 g/mol. The van der Waals surface area contributed by atoms with E-state index in [4.69, 9.17) is 9.98 Å². The molecule has 0 N–H and O–H groups in total. The highest BCUT2D eigenvalue weighted by Crippen LogP contribution is 2.56. The average Bonchev–Trinajstić information content (AvgIpc) is 2.92. The summed E-state index contributed by atoms with van der Waals surface area (Å²) in [6, 6.07) is 0. The van der Waals surface area contributed by atoms with Gasteiger partial charge in [-0.05, 0) is 74.0 Å². The van der Waals surface area contributed by atoms with Gasteiger partial charge < -0.3 is 0 Å². The van der Waals surface area contributed by atoms with Gasteiger partial charge in [0.1, 0.15) is 0 Å². The normalized spacial score (nSPS) is 25.4. The van der Waals surface area contributed by atoms with Crippen LogP contribution in [0.2, 0.25) is 0 Å². The Morgan fingerprint density at radius 1 is 0.412 bits per heavy atom. The monoisotopic (exact) mass is 504 g/mol. The van der Waals surface area contributed by atoms with E-state index < -0.39 is 0 Å². The maximum Gasteiger partial charge on any atom is 0.0581 e. The highest BCUT2D eigenvalue weighted by Gasteiger charge is 2.31. The summed E-state index contributed by atoms with van der Waals surface area (Å²) in [5.41, 5.74) is 4.20. The molecule has 0 saturated heterocycles. The first-order valence-corrected chi connectivity index (χ1v) is 18.7. The van der Waals surface area contributed by atoms with Crippen LogP contribution in [0.5, 0.6) is 0 Å². The second-order valence-electron chi connectivity index (χ2n) is 11.7. The highest BCUT2D eigenvalue weighted by atomic mass is 31.1. The highest BCUT2D eigenvalue weighted by molar-refractivity contribution is 7.60. The minimum atomic E-state index is 0.166. The van der Waals surface area contributed by atoms with Crippen molar-refractivity contribution < 1.29 is 0 Å². The SMILES string of the molecule is C(CP(C1CCCCC1)C1CCCCC1)=NCCN=CCP(C1CCCCC1)C1CCCCC1. The standard InChI is InChI=1S/C30H54N2P2/c1-5-13-27(14-6-1)33(28-15-7-2-8-16-28)25-23-31-21-22-32-24-26-34(29-17-9-3-10-18-29)30-19-11-4-12-20-30/h23-24,27-30H,1-22,25-26H2. The molecule has 0 aromatic carbocycles. The lowest BCUT2D eigenvalue weighted by Crippen LogP contribution is -2.22. The summed E-state index contributed by atoms with van der Waals surface area (Å²) in [6.45, 7) is 1.83. The van der Waals surface area contributed by atoms with Gasteiger partial charge in [0.2, 0.25) is 0 Å². The van der Waals surface area contributed by atoms with Crippen molar-refractivity contribution in [2.45, 2.75) is 151 Å². The first kappa shape index (κ1) is 27.2. The third-order valence-corrected chi connectivity index (χ3v) is 16.4. The predicted molar refractivity (Wildman–Crippen MR) is 158 cm³/mol. The Morgan fingerprint density at radius 2 is 0.676 bits per heavy atom. The number of aliphatic imine (C=N–C) groups is 2. The smallest absolute Gasteiger partial charge is 0.0581 e. The molecular formula is C30H54N2P2. The van der Waals surface area contributed by atoms with E-state index in [1.807, 2.05) is 0 Å². The van der Waals surface area contributed by atoms with E-state index in [0.29, 0.717) is 0 Å². The Bertz CT molecular complexity index is 495. The Labute approximate surface area is 214 Å². The Kier molecular flexibility index (Phi) is 12.9.